The number of carbonyl (C=O) groups excluding carboxylic acids is 2. The van der Waals surface area contributed by atoms with E-state index in [2.05, 4.69) is 34.3 Å². The average molecular weight is 495 g/mol. The summed E-state index contributed by atoms with van der Waals surface area (Å²) in [6, 6.07) is 19.8. The molecule has 1 amide bonds. The summed E-state index contributed by atoms with van der Waals surface area (Å²) in [6.07, 6.45) is 3.96. The molecule has 2 atom stereocenters. The summed E-state index contributed by atoms with van der Waals surface area (Å²) in [4.78, 5) is 33.0. The van der Waals surface area contributed by atoms with Gasteiger partial charge in [0.05, 0.1) is 31.5 Å². The van der Waals surface area contributed by atoms with Crippen molar-refractivity contribution < 1.29 is 19.1 Å². The number of carbonyl (C=O) groups is 2. The van der Waals surface area contributed by atoms with Crippen molar-refractivity contribution >= 4 is 17.5 Å². The molecular weight excluding hydrogens is 468 g/mol. The molecule has 7 rings (SSSR count). The highest BCUT2D eigenvalue weighted by atomic mass is 16.6. The second kappa shape index (κ2) is 8.81. The van der Waals surface area contributed by atoms with Crippen molar-refractivity contribution in [1.82, 2.24) is 19.5 Å². The number of Topliss-reactive ketones (excluding diaryl/α,β-unsaturated/α-hetero) is 1. The third-order valence-corrected chi connectivity index (χ3v) is 7.97. The number of nitrogens with zero attached hydrogens (tertiary/aromatic N) is 4. The number of rotatable bonds is 4. The molecule has 0 radical (unpaired) electrons. The molecule has 1 aliphatic carbocycles. The largest absolute Gasteiger partial charge is 0.448 e. The Morgan fingerprint density at radius 2 is 1.59 bits per heavy atom. The molecule has 37 heavy (non-hydrogen) atoms. The lowest BCUT2D eigenvalue weighted by Gasteiger charge is -2.47. The molecule has 4 aromatic rings. The van der Waals surface area contributed by atoms with Gasteiger partial charge in [-0.1, -0.05) is 48.5 Å². The lowest BCUT2D eigenvalue weighted by molar-refractivity contribution is -0.0748. The lowest BCUT2D eigenvalue weighted by atomic mass is 9.82. The Morgan fingerprint density at radius 3 is 2.30 bits per heavy atom. The molecule has 2 fully saturated rings. The van der Waals surface area contributed by atoms with E-state index in [4.69, 9.17) is 9.47 Å². The number of morpholine rings is 1. The van der Waals surface area contributed by atoms with Gasteiger partial charge in [0.15, 0.2) is 11.4 Å². The van der Waals surface area contributed by atoms with Crippen molar-refractivity contribution in [3.63, 3.8) is 0 Å². The molecule has 3 aliphatic rings. The van der Waals surface area contributed by atoms with E-state index >= 15 is 0 Å². The van der Waals surface area contributed by atoms with E-state index in [1.54, 1.807) is 23.0 Å². The molecule has 2 saturated heterocycles. The Bertz CT molecular complexity index is 1460. The highest BCUT2D eigenvalue weighted by Crippen LogP contribution is 2.44. The van der Waals surface area contributed by atoms with Crippen molar-refractivity contribution in [3.8, 4) is 11.1 Å². The molecule has 2 bridgehead atoms. The third kappa shape index (κ3) is 3.62. The van der Waals surface area contributed by atoms with Crippen LogP contribution in [0.3, 0.4) is 0 Å². The summed E-state index contributed by atoms with van der Waals surface area (Å²) < 4.78 is 13.3. The number of hydrogen-bond acceptors (Lipinski definition) is 6. The topological polar surface area (TPSA) is 86.0 Å². The first kappa shape index (κ1) is 22.2. The van der Waals surface area contributed by atoms with Crippen LogP contribution in [0.2, 0.25) is 0 Å². The molecule has 2 aromatic carbocycles. The van der Waals surface area contributed by atoms with Crippen molar-refractivity contribution in [2.45, 2.75) is 30.8 Å². The van der Waals surface area contributed by atoms with E-state index in [-0.39, 0.29) is 42.4 Å². The van der Waals surface area contributed by atoms with E-state index in [9.17, 15) is 9.59 Å². The van der Waals surface area contributed by atoms with Gasteiger partial charge in [-0.2, -0.15) is 5.10 Å². The standard InChI is InChI=1S/C29H26N4O4/c34-28(26-14-30-27-10-5-11-31-33(26)27)18-12-19-15-36-16-20(13-18)32(19)29(35)37-17-25-23-8-3-1-6-21(23)22-7-2-4-9-24(22)25/h1-11,14,18-20,25H,12-13,15-17H2. The Labute approximate surface area is 213 Å². The predicted octanol–water partition coefficient (Wildman–Crippen LogP) is 4.34. The first-order valence-corrected chi connectivity index (χ1v) is 12.7. The summed E-state index contributed by atoms with van der Waals surface area (Å²) in [5.41, 5.74) is 5.90. The fraction of sp³-hybridized carbons (Fsp3) is 0.310. The molecule has 4 heterocycles. The minimum absolute atomic E-state index is 0.00852. The second-order valence-corrected chi connectivity index (χ2v) is 10.0. The van der Waals surface area contributed by atoms with E-state index in [1.807, 2.05) is 35.2 Å². The second-order valence-electron chi connectivity index (χ2n) is 10.0. The zero-order valence-electron chi connectivity index (χ0n) is 20.2. The Hall–Kier alpha value is -4.04. The van der Waals surface area contributed by atoms with Crippen LogP contribution in [0, 0.1) is 5.92 Å². The van der Waals surface area contributed by atoms with Crippen LogP contribution < -0.4 is 0 Å². The molecule has 2 aromatic heterocycles. The number of imidazole rings is 1. The molecule has 2 unspecified atom stereocenters. The molecule has 8 heteroatoms. The van der Waals surface area contributed by atoms with Crippen molar-refractivity contribution in [3.05, 3.63) is 89.9 Å². The number of fused-ring (bicyclic) bond motifs is 6. The number of piperidine rings is 1. The summed E-state index contributed by atoms with van der Waals surface area (Å²) in [7, 11) is 0. The van der Waals surface area contributed by atoms with Gasteiger partial charge in [0.2, 0.25) is 0 Å². The van der Waals surface area contributed by atoms with Crippen molar-refractivity contribution in [2.75, 3.05) is 19.8 Å². The summed E-state index contributed by atoms with van der Waals surface area (Å²) in [5.74, 6) is -0.206. The van der Waals surface area contributed by atoms with Crippen LogP contribution in [0.5, 0.6) is 0 Å². The van der Waals surface area contributed by atoms with Gasteiger partial charge in [-0.15, -0.1) is 0 Å². The smallest absolute Gasteiger partial charge is 0.410 e. The van der Waals surface area contributed by atoms with Gasteiger partial charge in [0.25, 0.3) is 0 Å². The fourth-order valence-corrected chi connectivity index (χ4v) is 6.30. The van der Waals surface area contributed by atoms with Crippen LogP contribution in [0.4, 0.5) is 4.79 Å². The average Bonchev–Trinajstić information content (AvgIpc) is 3.50. The Balaban J connectivity index is 1.08. The molecule has 2 aliphatic heterocycles. The normalized spacial score (nSPS) is 22.5. The first-order chi connectivity index (χ1) is 18.2. The van der Waals surface area contributed by atoms with Gasteiger partial charge in [-0.05, 0) is 47.2 Å². The maximum Gasteiger partial charge on any atom is 0.410 e. The number of hydrogen-bond donors (Lipinski definition) is 0. The number of aromatic nitrogens is 3. The van der Waals surface area contributed by atoms with Gasteiger partial charge in [-0.25, -0.2) is 14.3 Å². The summed E-state index contributed by atoms with van der Waals surface area (Å²) >= 11 is 0. The van der Waals surface area contributed by atoms with Crippen LogP contribution in [-0.4, -0.2) is 63.3 Å². The zero-order valence-corrected chi connectivity index (χ0v) is 20.2. The van der Waals surface area contributed by atoms with Gasteiger partial charge in [0, 0.05) is 18.0 Å². The van der Waals surface area contributed by atoms with Gasteiger partial charge < -0.3 is 9.47 Å². The third-order valence-electron chi connectivity index (χ3n) is 7.97. The summed E-state index contributed by atoms with van der Waals surface area (Å²) in [5, 5.41) is 4.29. The van der Waals surface area contributed by atoms with Crippen molar-refractivity contribution in [1.29, 1.82) is 0 Å². The van der Waals surface area contributed by atoms with E-state index < -0.39 is 0 Å². The quantitative estimate of drug-likeness (QED) is 0.393. The predicted molar refractivity (Wildman–Crippen MR) is 135 cm³/mol. The first-order valence-electron chi connectivity index (χ1n) is 12.7. The number of benzene rings is 2. The van der Waals surface area contributed by atoms with E-state index in [0.29, 0.717) is 37.4 Å². The van der Waals surface area contributed by atoms with Crippen LogP contribution in [0.1, 0.15) is 40.4 Å². The van der Waals surface area contributed by atoms with Crippen molar-refractivity contribution in [2.24, 2.45) is 5.92 Å². The lowest BCUT2D eigenvalue weighted by Crippen LogP contribution is -2.60. The van der Waals surface area contributed by atoms with Gasteiger partial charge >= 0.3 is 6.09 Å². The maximum absolute atomic E-state index is 13.4. The zero-order chi connectivity index (χ0) is 24.9. The minimum Gasteiger partial charge on any atom is -0.448 e. The number of amides is 1. The molecular formula is C29H26N4O4. The van der Waals surface area contributed by atoms with E-state index in [0.717, 1.165) is 0 Å². The molecule has 0 spiro atoms. The number of ether oxygens (including phenoxy) is 2. The van der Waals surface area contributed by atoms with Crippen LogP contribution in [0.25, 0.3) is 16.8 Å². The van der Waals surface area contributed by atoms with Gasteiger partial charge in [0.1, 0.15) is 12.3 Å². The molecule has 8 nitrogen and oxygen atoms in total. The Kier molecular flexibility index (Phi) is 5.28. The SMILES string of the molecule is O=C(c1cnc2cccnn12)C1CC2COCC(C1)N2C(=O)OCC1c2ccccc2-c2ccccc21. The molecule has 0 N–H and O–H groups in total. The maximum atomic E-state index is 13.4. The van der Waals surface area contributed by atoms with Gasteiger partial charge in [-0.3, -0.25) is 9.69 Å². The fourth-order valence-electron chi connectivity index (χ4n) is 6.30. The highest BCUT2D eigenvalue weighted by molar-refractivity contribution is 5.97. The molecule has 186 valence electrons. The highest BCUT2D eigenvalue weighted by Gasteiger charge is 2.45. The molecule has 0 saturated carbocycles. The number of ketones is 1. The van der Waals surface area contributed by atoms with Crippen LogP contribution >= 0.6 is 0 Å². The van der Waals surface area contributed by atoms with Crippen LogP contribution in [0.15, 0.2) is 73.1 Å². The minimum atomic E-state index is -0.331. The monoisotopic (exact) mass is 494 g/mol. The summed E-state index contributed by atoms with van der Waals surface area (Å²) in [6.45, 7) is 1.07. The van der Waals surface area contributed by atoms with E-state index in [1.165, 1.54) is 22.3 Å². The van der Waals surface area contributed by atoms with Crippen LogP contribution in [-0.2, 0) is 9.47 Å². The Morgan fingerprint density at radius 1 is 0.919 bits per heavy atom.